The molecule has 0 aliphatic heterocycles. The Morgan fingerprint density at radius 1 is 0.808 bits per heavy atom. The number of aliphatic hydroxyl groups excluding tert-OH is 1. The molecular formula is C23H42O3. The smallest absolute Gasteiger partial charge is 0.309 e. The zero-order valence-corrected chi connectivity index (χ0v) is 17.4. The number of ether oxygens (including phenoxy) is 1. The van der Waals surface area contributed by atoms with Crippen LogP contribution in [0.25, 0.3) is 0 Å². The van der Waals surface area contributed by atoms with Crippen molar-refractivity contribution in [2.75, 3.05) is 0 Å². The van der Waals surface area contributed by atoms with Crippen molar-refractivity contribution in [1.29, 1.82) is 0 Å². The molecule has 0 radical (unpaired) electrons. The van der Waals surface area contributed by atoms with Crippen LogP contribution in [0.2, 0.25) is 0 Å². The molecule has 0 heterocycles. The lowest BCUT2D eigenvalue weighted by molar-refractivity contribution is -0.158. The molecule has 152 valence electrons. The lowest BCUT2D eigenvalue weighted by Crippen LogP contribution is -2.33. The highest BCUT2D eigenvalue weighted by atomic mass is 16.5. The second-order valence-corrected chi connectivity index (χ2v) is 8.72. The Morgan fingerprint density at radius 3 is 1.85 bits per heavy atom. The van der Waals surface area contributed by atoms with Crippen molar-refractivity contribution >= 4 is 5.97 Å². The quantitative estimate of drug-likeness (QED) is 0.632. The maximum atomic E-state index is 12.5. The fraction of sp³-hybridized carbons (Fsp3) is 0.957. The first-order valence-corrected chi connectivity index (χ1v) is 11.5. The number of carbonyl (C=O) groups is 1. The summed E-state index contributed by atoms with van der Waals surface area (Å²) in [7, 11) is 0. The maximum absolute atomic E-state index is 12.5. The second kappa shape index (κ2) is 11.3. The van der Waals surface area contributed by atoms with Crippen molar-refractivity contribution in [3.63, 3.8) is 0 Å². The molecule has 1 unspecified atom stereocenters. The number of hydrogen-bond donors (Lipinski definition) is 1. The summed E-state index contributed by atoms with van der Waals surface area (Å²) in [6, 6.07) is 0. The third kappa shape index (κ3) is 6.25. The summed E-state index contributed by atoms with van der Waals surface area (Å²) < 4.78 is 5.85. The molecule has 0 amide bonds. The molecule has 3 aliphatic carbocycles. The van der Waals surface area contributed by atoms with Gasteiger partial charge in [-0.15, -0.1) is 0 Å². The summed E-state index contributed by atoms with van der Waals surface area (Å²) in [6.07, 6.45) is 15.2. The minimum atomic E-state index is -0.0613. The van der Waals surface area contributed by atoms with E-state index in [0.29, 0.717) is 5.92 Å². The molecule has 1 N–H and O–H groups in total. The summed E-state index contributed by atoms with van der Waals surface area (Å²) >= 11 is 0. The van der Waals surface area contributed by atoms with Gasteiger partial charge in [0.05, 0.1) is 12.0 Å². The maximum Gasteiger partial charge on any atom is 0.309 e. The highest BCUT2D eigenvalue weighted by Gasteiger charge is 2.34. The van der Waals surface area contributed by atoms with Crippen LogP contribution in [0, 0.1) is 23.7 Å². The van der Waals surface area contributed by atoms with Gasteiger partial charge in [0.25, 0.3) is 0 Å². The average molecular weight is 367 g/mol. The largest absolute Gasteiger partial charge is 0.462 e. The fourth-order valence-electron chi connectivity index (χ4n) is 5.38. The first-order valence-electron chi connectivity index (χ1n) is 11.5. The van der Waals surface area contributed by atoms with E-state index in [-0.39, 0.29) is 24.1 Å². The Balaban J connectivity index is 0.00000117. The third-order valence-electron chi connectivity index (χ3n) is 7.13. The molecule has 0 aromatic carbocycles. The van der Waals surface area contributed by atoms with E-state index in [2.05, 4.69) is 6.92 Å². The monoisotopic (exact) mass is 366 g/mol. The van der Waals surface area contributed by atoms with Gasteiger partial charge in [0, 0.05) is 0 Å². The molecule has 0 aromatic rings. The van der Waals surface area contributed by atoms with Gasteiger partial charge < -0.3 is 9.84 Å². The van der Waals surface area contributed by atoms with Crippen LogP contribution >= 0.6 is 0 Å². The molecule has 0 saturated heterocycles. The number of aliphatic hydroxyl groups is 1. The molecule has 3 heteroatoms. The Hall–Kier alpha value is -0.570. The second-order valence-electron chi connectivity index (χ2n) is 8.72. The highest BCUT2D eigenvalue weighted by molar-refractivity contribution is 5.72. The molecule has 1 atom stereocenters. The van der Waals surface area contributed by atoms with E-state index < -0.39 is 0 Å². The lowest BCUT2D eigenvalue weighted by Gasteiger charge is -2.36. The van der Waals surface area contributed by atoms with Crippen LogP contribution in [0.1, 0.15) is 104 Å². The van der Waals surface area contributed by atoms with Crippen molar-refractivity contribution in [2.45, 2.75) is 116 Å². The SMILES string of the molecule is CC.CC(OC(=O)C1CCC(C2CCC(O)CC2)CC1)C1CCCCC1. The van der Waals surface area contributed by atoms with Gasteiger partial charge >= 0.3 is 5.97 Å². The third-order valence-corrected chi connectivity index (χ3v) is 7.13. The Morgan fingerprint density at radius 2 is 1.31 bits per heavy atom. The lowest BCUT2D eigenvalue weighted by atomic mass is 9.70. The van der Waals surface area contributed by atoms with E-state index in [4.69, 9.17) is 4.74 Å². The minimum Gasteiger partial charge on any atom is -0.462 e. The number of esters is 1. The van der Waals surface area contributed by atoms with Crippen LogP contribution < -0.4 is 0 Å². The van der Waals surface area contributed by atoms with Gasteiger partial charge in [-0.3, -0.25) is 4.79 Å². The molecule has 3 fully saturated rings. The Labute approximate surface area is 161 Å². The Kier molecular flexibility index (Phi) is 9.45. The van der Waals surface area contributed by atoms with Gasteiger partial charge in [0.1, 0.15) is 6.10 Å². The van der Waals surface area contributed by atoms with E-state index in [0.717, 1.165) is 37.5 Å². The van der Waals surface area contributed by atoms with Crippen LogP contribution in [0.5, 0.6) is 0 Å². The van der Waals surface area contributed by atoms with E-state index in [1.165, 1.54) is 57.8 Å². The van der Waals surface area contributed by atoms with Gasteiger partial charge in [0.15, 0.2) is 0 Å². The normalized spacial score (nSPS) is 34.3. The van der Waals surface area contributed by atoms with Crippen molar-refractivity contribution in [3.8, 4) is 0 Å². The summed E-state index contributed by atoms with van der Waals surface area (Å²) in [5.41, 5.74) is 0. The summed E-state index contributed by atoms with van der Waals surface area (Å²) in [6.45, 7) is 6.10. The molecule has 3 nitrogen and oxygen atoms in total. The highest BCUT2D eigenvalue weighted by Crippen LogP contribution is 2.40. The number of carbonyl (C=O) groups excluding carboxylic acids is 1. The van der Waals surface area contributed by atoms with Crippen LogP contribution in [-0.4, -0.2) is 23.3 Å². The van der Waals surface area contributed by atoms with Gasteiger partial charge in [-0.25, -0.2) is 0 Å². The Bertz CT molecular complexity index is 386. The molecule has 0 spiro atoms. The molecule has 3 rings (SSSR count). The molecule has 0 bridgehead atoms. The zero-order valence-electron chi connectivity index (χ0n) is 17.4. The first-order chi connectivity index (χ1) is 12.6. The average Bonchev–Trinajstić information content (AvgIpc) is 2.71. The van der Waals surface area contributed by atoms with Crippen LogP contribution in [0.4, 0.5) is 0 Å². The first kappa shape index (κ1) is 21.7. The molecule has 0 aromatic heterocycles. The van der Waals surface area contributed by atoms with Gasteiger partial charge in [-0.1, -0.05) is 33.1 Å². The van der Waals surface area contributed by atoms with Crippen molar-refractivity contribution < 1.29 is 14.6 Å². The molecule has 26 heavy (non-hydrogen) atoms. The number of rotatable bonds is 4. The number of hydrogen-bond acceptors (Lipinski definition) is 3. The van der Waals surface area contributed by atoms with Crippen LogP contribution in [0.3, 0.4) is 0 Å². The standard InChI is InChI=1S/C21H36O3.C2H6/c1-15(16-5-3-2-4-6-16)24-21(23)19-9-7-17(8-10-19)18-11-13-20(22)14-12-18;1-2/h15-20,22H,2-14H2,1H3;1-2H3. The summed E-state index contributed by atoms with van der Waals surface area (Å²) in [4.78, 5) is 12.5. The molecule has 3 saturated carbocycles. The van der Waals surface area contributed by atoms with Gasteiger partial charge in [-0.2, -0.15) is 0 Å². The fourth-order valence-corrected chi connectivity index (χ4v) is 5.38. The predicted molar refractivity (Wildman–Crippen MR) is 107 cm³/mol. The van der Waals surface area contributed by atoms with E-state index >= 15 is 0 Å². The van der Waals surface area contributed by atoms with E-state index in [1.807, 2.05) is 13.8 Å². The van der Waals surface area contributed by atoms with Crippen molar-refractivity contribution in [1.82, 2.24) is 0 Å². The molecule has 3 aliphatic rings. The van der Waals surface area contributed by atoms with E-state index in [9.17, 15) is 9.90 Å². The predicted octanol–water partition coefficient (Wildman–Crippen LogP) is 5.88. The topological polar surface area (TPSA) is 46.5 Å². The van der Waals surface area contributed by atoms with Gasteiger partial charge in [-0.05, 0) is 88.9 Å². The van der Waals surface area contributed by atoms with Crippen LogP contribution in [-0.2, 0) is 9.53 Å². The minimum absolute atomic E-state index is 0.0613. The summed E-state index contributed by atoms with van der Waals surface area (Å²) in [5, 5.41) is 9.67. The van der Waals surface area contributed by atoms with Crippen LogP contribution in [0.15, 0.2) is 0 Å². The van der Waals surface area contributed by atoms with Crippen molar-refractivity contribution in [3.05, 3.63) is 0 Å². The molecular weight excluding hydrogens is 324 g/mol. The van der Waals surface area contributed by atoms with Crippen molar-refractivity contribution in [2.24, 2.45) is 23.7 Å². The van der Waals surface area contributed by atoms with Gasteiger partial charge in [0.2, 0.25) is 0 Å². The zero-order chi connectivity index (χ0) is 18.9. The summed E-state index contributed by atoms with van der Waals surface area (Å²) in [5.74, 6) is 2.36. The van der Waals surface area contributed by atoms with E-state index in [1.54, 1.807) is 0 Å².